The topological polar surface area (TPSA) is 27.1 Å². The zero-order valence-electron chi connectivity index (χ0n) is 28.0. The molecular formula is C47H30N4S. The summed E-state index contributed by atoms with van der Waals surface area (Å²) in [6, 6.07) is 59.7. The molecule has 52 heavy (non-hydrogen) atoms. The normalized spacial score (nSPS) is 17.0. The van der Waals surface area contributed by atoms with Crippen LogP contribution in [0, 0.1) is 0 Å². The molecular weight excluding hydrogens is 653 g/mol. The van der Waals surface area contributed by atoms with Crippen LogP contribution >= 0.6 is 11.8 Å². The lowest BCUT2D eigenvalue weighted by atomic mass is 9.93. The zero-order chi connectivity index (χ0) is 33.9. The second-order valence-electron chi connectivity index (χ2n) is 13.9. The average Bonchev–Trinajstić information content (AvgIpc) is 3.94. The summed E-state index contributed by atoms with van der Waals surface area (Å²) in [7, 11) is 0. The predicted octanol–water partition coefficient (Wildman–Crippen LogP) is 12.0. The van der Waals surface area contributed by atoms with Gasteiger partial charge in [-0.25, -0.2) is 4.99 Å². The van der Waals surface area contributed by atoms with Crippen LogP contribution in [0.25, 0.3) is 76.9 Å². The Bertz CT molecular complexity index is 3080. The van der Waals surface area contributed by atoms with Crippen molar-refractivity contribution >= 4 is 88.8 Å². The lowest BCUT2D eigenvalue weighted by molar-refractivity contribution is 0.868. The van der Waals surface area contributed by atoms with Crippen molar-refractivity contribution in [1.29, 1.82) is 0 Å². The highest BCUT2D eigenvalue weighted by molar-refractivity contribution is 8.01. The molecule has 2 atom stereocenters. The minimum atomic E-state index is 0.130. The van der Waals surface area contributed by atoms with Crippen LogP contribution in [0.1, 0.15) is 11.5 Å². The molecule has 2 unspecified atom stereocenters. The Labute approximate surface area is 303 Å². The maximum absolute atomic E-state index is 5.72. The van der Waals surface area contributed by atoms with Crippen molar-refractivity contribution in [2.45, 2.75) is 16.1 Å². The molecule has 0 fully saturated rings. The summed E-state index contributed by atoms with van der Waals surface area (Å²) in [6.07, 6.45) is 2.42. The second-order valence-corrected chi connectivity index (χ2v) is 15.1. The largest absolute Gasteiger partial charge is 0.309 e. The minimum Gasteiger partial charge on any atom is -0.309 e. The number of rotatable bonds is 2. The van der Waals surface area contributed by atoms with Crippen LogP contribution in [-0.4, -0.2) is 24.8 Å². The van der Waals surface area contributed by atoms with E-state index in [0.717, 1.165) is 17.3 Å². The monoisotopic (exact) mass is 682 g/mol. The Morgan fingerprint density at radius 1 is 0.423 bits per heavy atom. The first-order valence-corrected chi connectivity index (χ1v) is 18.8. The molecule has 0 saturated carbocycles. The molecule has 5 heteroatoms. The molecule has 244 valence electrons. The highest BCUT2D eigenvalue weighted by Gasteiger charge is 2.40. The summed E-state index contributed by atoms with van der Waals surface area (Å²) >= 11 is 1.94. The Kier molecular flexibility index (Phi) is 5.79. The van der Waals surface area contributed by atoms with Crippen molar-refractivity contribution in [2.24, 2.45) is 4.99 Å². The summed E-state index contributed by atoms with van der Waals surface area (Å²) in [6.45, 7) is 0. The number of aliphatic imine (C=N–C) groups is 1. The molecule has 10 aromatic rings. The predicted molar refractivity (Wildman–Crippen MR) is 219 cm³/mol. The molecule has 2 aliphatic rings. The van der Waals surface area contributed by atoms with Gasteiger partial charge in [0.2, 0.25) is 0 Å². The lowest BCUT2D eigenvalue weighted by Gasteiger charge is -2.27. The van der Waals surface area contributed by atoms with Crippen molar-refractivity contribution < 1.29 is 0 Å². The number of thioether (sulfide) groups is 1. The van der Waals surface area contributed by atoms with Gasteiger partial charge in [-0.15, -0.1) is 11.8 Å². The van der Waals surface area contributed by atoms with Gasteiger partial charge < -0.3 is 4.57 Å². The molecule has 12 rings (SSSR count). The van der Waals surface area contributed by atoms with Gasteiger partial charge in [0.15, 0.2) is 0 Å². The second kappa shape index (κ2) is 10.6. The number of hydrogen-bond donors (Lipinski definition) is 0. The van der Waals surface area contributed by atoms with E-state index in [1.807, 2.05) is 11.8 Å². The van der Waals surface area contributed by atoms with Gasteiger partial charge in [-0.05, 0) is 66.2 Å². The fraction of sp³-hybridized carbons (Fsp3) is 0.0426. The van der Waals surface area contributed by atoms with E-state index in [-0.39, 0.29) is 11.2 Å². The maximum atomic E-state index is 5.72. The standard InChI is InChI=1S/C47H30N4S/c1-7-19-38-30(13-1)31-14-2-8-20-39(31)49(38)29-25-26-43-36(27-29)34-17-5-11-23-42(34)51(43)47-46-37(35-18-6-12-24-44(35)52-46)28-45(48-47)50-40-21-9-3-15-32(40)33-16-4-10-22-41(33)50/h1-28,37,46H. The molecule has 0 bridgehead atoms. The third-order valence-corrected chi connectivity index (χ3v) is 12.6. The van der Waals surface area contributed by atoms with E-state index in [1.165, 1.54) is 75.9 Å². The van der Waals surface area contributed by atoms with Gasteiger partial charge in [0.25, 0.3) is 0 Å². The highest BCUT2D eigenvalue weighted by atomic mass is 32.2. The van der Waals surface area contributed by atoms with Crippen molar-refractivity contribution in [3.63, 3.8) is 0 Å². The highest BCUT2D eigenvalue weighted by Crippen LogP contribution is 2.51. The van der Waals surface area contributed by atoms with Crippen molar-refractivity contribution in [3.8, 4) is 5.69 Å². The van der Waals surface area contributed by atoms with Gasteiger partial charge >= 0.3 is 0 Å². The van der Waals surface area contributed by atoms with Crippen LogP contribution in [0.15, 0.2) is 180 Å². The van der Waals surface area contributed by atoms with Gasteiger partial charge in [-0.2, -0.15) is 0 Å². The third-order valence-electron chi connectivity index (χ3n) is 11.2. The van der Waals surface area contributed by atoms with Crippen LogP contribution in [-0.2, 0) is 0 Å². The fourth-order valence-corrected chi connectivity index (χ4v) is 10.4. The molecule has 0 spiro atoms. The van der Waals surface area contributed by atoms with Gasteiger partial charge in [0.05, 0.1) is 38.4 Å². The molecule has 4 nitrogen and oxygen atoms in total. The SMILES string of the molecule is C1=C(n2c3ccccc3c3ccccc32)N=C(n2c3ccccc3c3cc(-n4c5ccccc5c5ccccc54)ccc32)C2Sc3ccccc3C12. The van der Waals surface area contributed by atoms with E-state index in [1.54, 1.807) is 0 Å². The minimum absolute atomic E-state index is 0.130. The lowest BCUT2D eigenvalue weighted by Crippen LogP contribution is -2.30. The van der Waals surface area contributed by atoms with Crippen molar-refractivity contribution in [1.82, 2.24) is 13.7 Å². The third kappa shape index (κ3) is 3.81. The first-order chi connectivity index (χ1) is 25.8. The number of benzene rings is 7. The molecule has 0 amide bonds. The van der Waals surface area contributed by atoms with Crippen LogP contribution in [0.4, 0.5) is 0 Å². The molecule has 0 N–H and O–H groups in total. The number of nitrogens with zero attached hydrogens (tertiary/aromatic N) is 4. The summed E-state index contributed by atoms with van der Waals surface area (Å²) in [5.74, 6) is 2.22. The van der Waals surface area contributed by atoms with Gasteiger partial charge in [-0.3, -0.25) is 9.13 Å². The van der Waals surface area contributed by atoms with E-state index in [9.17, 15) is 0 Å². The first-order valence-electron chi connectivity index (χ1n) is 17.9. The maximum Gasteiger partial charge on any atom is 0.136 e. The number of allylic oxidation sites excluding steroid dienone is 1. The Morgan fingerprint density at radius 2 is 0.885 bits per heavy atom. The summed E-state index contributed by atoms with van der Waals surface area (Å²) in [5.41, 5.74) is 9.65. The summed E-state index contributed by atoms with van der Waals surface area (Å²) < 4.78 is 7.25. The average molecular weight is 683 g/mol. The van der Waals surface area contributed by atoms with E-state index in [2.05, 4.69) is 184 Å². The Morgan fingerprint density at radius 3 is 1.48 bits per heavy atom. The van der Waals surface area contributed by atoms with E-state index < -0.39 is 0 Å². The Balaban J connectivity index is 1.14. The first kappa shape index (κ1) is 28.4. The van der Waals surface area contributed by atoms with Crippen LogP contribution in [0.5, 0.6) is 0 Å². The Hall–Kier alpha value is -6.30. The van der Waals surface area contributed by atoms with E-state index >= 15 is 0 Å². The number of aromatic nitrogens is 3. The van der Waals surface area contributed by atoms with Crippen LogP contribution < -0.4 is 0 Å². The summed E-state index contributed by atoms with van der Waals surface area (Å²) in [4.78, 5) is 7.06. The van der Waals surface area contributed by atoms with E-state index in [4.69, 9.17) is 4.99 Å². The fourth-order valence-electron chi connectivity index (χ4n) is 9.02. The van der Waals surface area contributed by atoms with Crippen molar-refractivity contribution in [3.05, 3.63) is 175 Å². The molecule has 0 saturated heterocycles. The van der Waals surface area contributed by atoms with Gasteiger partial charge in [0.1, 0.15) is 11.7 Å². The quantitative estimate of drug-likeness (QED) is 0.178. The molecule has 2 aliphatic heterocycles. The number of hydrogen-bond acceptors (Lipinski definition) is 2. The van der Waals surface area contributed by atoms with Gasteiger partial charge in [0, 0.05) is 48.8 Å². The van der Waals surface area contributed by atoms with Crippen molar-refractivity contribution in [2.75, 3.05) is 0 Å². The molecule has 7 aromatic carbocycles. The van der Waals surface area contributed by atoms with E-state index in [0.29, 0.717) is 0 Å². The number of para-hydroxylation sites is 5. The molecule has 5 heterocycles. The smallest absolute Gasteiger partial charge is 0.136 e. The number of fused-ring (bicyclic) bond motifs is 12. The molecule has 3 aromatic heterocycles. The summed E-state index contributed by atoms with van der Waals surface area (Å²) in [5, 5.41) is 7.61. The van der Waals surface area contributed by atoms with Crippen LogP contribution in [0.3, 0.4) is 0 Å². The van der Waals surface area contributed by atoms with Gasteiger partial charge in [-0.1, -0.05) is 109 Å². The molecule has 0 aliphatic carbocycles. The van der Waals surface area contributed by atoms with Crippen LogP contribution in [0.2, 0.25) is 0 Å². The molecule has 0 radical (unpaired) electrons. The zero-order valence-corrected chi connectivity index (χ0v) is 28.8.